The van der Waals surface area contributed by atoms with Gasteiger partial charge in [0.25, 0.3) is 0 Å². The van der Waals surface area contributed by atoms with E-state index in [1.165, 1.54) is 0 Å². The molecule has 0 aliphatic rings. The lowest BCUT2D eigenvalue weighted by Gasteiger charge is -2.08. The molecule has 0 unspecified atom stereocenters. The predicted octanol–water partition coefficient (Wildman–Crippen LogP) is 4.30. The molecule has 1 heterocycles. The Balaban J connectivity index is 1.69. The van der Waals surface area contributed by atoms with E-state index in [2.05, 4.69) is 9.97 Å². The van der Waals surface area contributed by atoms with Crippen LogP contribution in [0.3, 0.4) is 0 Å². The molecule has 0 spiro atoms. The Morgan fingerprint density at radius 2 is 1.64 bits per heavy atom. The standard InChI is InChI=1S/C18H15ClN2O/c19-18-17(20-9-10-21-18)12-15-7-4-8-16(11-15)22-13-14-5-2-1-3-6-14/h1-11H,12-13H2. The Labute approximate surface area is 134 Å². The van der Waals surface area contributed by atoms with Crippen molar-refractivity contribution >= 4 is 11.6 Å². The highest BCUT2D eigenvalue weighted by Gasteiger charge is 2.05. The van der Waals surface area contributed by atoms with Gasteiger partial charge in [0, 0.05) is 18.8 Å². The fourth-order valence-corrected chi connectivity index (χ4v) is 2.32. The second kappa shape index (κ2) is 7.05. The van der Waals surface area contributed by atoms with Gasteiger partial charge in [0.05, 0.1) is 5.69 Å². The smallest absolute Gasteiger partial charge is 0.150 e. The summed E-state index contributed by atoms with van der Waals surface area (Å²) in [5, 5.41) is 0.443. The molecule has 0 aliphatic carbocycles. The van der Waals surface area contributed by atoms with Crippen molar-refractivity contribution in [2.24, 2.45) is 0 Å². The minimum Gasteiger partial charge on any atom is -0.489 e. The monoisotopic (exact) mass is 310 g/mol. The molecule has 0 radical (unpaired) electrons. The van der Waals surface area contributed by atoms with Gasteiger partial charge in [0.1, 0.15) is 12.4 Å². The van der Waals surface area contributed by atoms with Crippen molar-refractivity contribution in [3.8, 4) is 5.75 Å². The van der Waals surface area contributed by atoms with Crippen LogP contribution in [0.25, 0.3) is 0 Å². The lowest BCUT2D eigenvalue weighted by molar-refractivity contribution is 0.306. The van der Waals surface area contributed by atoms with Crippen molar-refractivity contribution in [3.63, 3.8) is 0 Å². The first-order chi connectivity index (χ1) is 10.8. The zero-order chi connectivity index (χ0) is 15.2. The molecule has 4 heteroatoms. The van der Waals surface area contributed by atoms with Crippen LogP contribution in [0.5, 0.6) is 5.75 Å². The zero-order valence-corrected chi connectivity index (χ0v) is 12.7. The largest absolute Gasteiger partial charge is 0.489 e. The van der Waals surface area contributed by atoms with E-state index in [1.807, 2.05) is 54.6 Å². The maximum atomic E-state index is 6.05. The third-order valence-electron chi connectivity index (χ3n) is 3.24. The molecule has 3 nitrogen and oxygen atoms in total. The van der Waals surface area contributed by atoms with Crippen LogP contribution in [0.2, 0.25) is 5.15 Å². The summed E-state index contributed by atoms with van der Waals surface area (Å²) >= 11 is 6.05. The van der Waals surface area contributed by atoms with Crippen molar-refractivity contribution in [3.05, 3.63) is 89.0 Å². The third-order valence-corrected chi connectivity index (χ3v) is 3.56. The molecule has 22 heavy (non-hydrogen) atoms. The number of hydrogen-bond acceptors (Lipinski definition) is 3. The highest BCUT2D eigenvalue weighted by Crippen LogP contribution is 2.19. The number of benzene rings is 2. The molecule has 0 saturated carbocycles. The number of ether oxygens (including phenoxy) is 1. The van der Waals surface area contributed by atoms with Gasteiger partial charge in [-0.2, -0.15) is 0 Å². The van der Waals surface area contributed by atoms with Crippen LogP contribution < -0.4 is 4.74 Å². The van der Waals surface area contributed by atoms with Gasteiger partial charge in [-0.3, -0.25) is 4.98 Å². The zero-order valence-electron chi connectivity index (χ0n) is 11.9. The minimum absolute atomic E-state index is 0.443. The number of nitrogens with zero attached hydrogens (tertiary/aromatic N) is 2. The van der Waals surface area contributed by atoms with Gasteiger partial charge in [-0.1, -0.05) is 54.1 Å². The first-order valence-corrected chi connectivity index (χ1v) is 7.40. The maximum Gasteiger partial charge on any atom is 0.150 e. The summed E-state index contributed by atoms with van der Waals surface area (Å²) in [5.74, 6) is 0.835. The summed E-state index contributed by atoms with van der Waals surface area (Å²) in [7, 11) is 0. The van der Waals surface area contributed by atoms with Gasteiger partial charge >= 0.3 is 0 Å². The number of halogens is 1. The van der Waals surface area contributed by atoms with Gasteiger partial charge in [0.2, 0.25) is 0 Å². The van der Waals surface area contributed by atoms with Crippen LogP contribution >= 0.6 is 11.6 Å². The molecule has 0 atom stereocenters. The lowest BCUT2D eigenvalue weighted by Crippen LogP contribution is -1.97. The Bertz CT molecular complexity index is 747. The van der Waals surface area contributed by atoms with Crippen molar-refractivity contribution in [2.75, 3.05) is 0 Å². The second-order valence-electron chi connectivity index (χ2n) is 4.89. The molecular weight excluding hydrogens is 296 g/mol. The molecule has 110 valence electrons. The van der Waals surface area contributed by atoms with E-state index in [4.69, 9.17) is 16.3 Å². The lowest BCUT2D eigenvalue weighted by atomic mass is 10.1. The average molecular weight is 311 g/mol. The summed E-state index contributed by atoms with van der Waals surface area (Å²) in [6.07, 6.45) is 3.87. The highest BCUT2D eigenvalue weighted by atomic mass is 35.5. The average Bonchev–Trinajstić information content (AvgIpc) is 2.57. The molecule has 0 N–H and O–H groups in total. The Morgan fingerprint density at radius 1 is 0.864 bits per heavy atom. The fourth-order valence-electron chi connectivity index (χ4n) is 2.15. The summed E-state index contributed by atoms with van der Waals surface area (Å²) in [6.45, 7) is 0.552. The molecule has 0 bridgehead atoms. The number of aromatic nitrogens is 2. The molecule has 3 aromatic rings. The number of hydrogen-bond donors (Lipinski definition) is 0. The van der Waals surface area contributed by atoms with E-state index in [0.29, 0.717) is 18.2 Å². The molecule has 3 rings (SSSR count). The second-order valence-corrected chi connectivity index (χ2v) is 5.25. The van der Waals surface area contributed by atoms with Crippen LogP contribution in [0.1, 0.15) is 16.8 Å². The van der Waals surface area contributed by atoms with E-state index in [0.717, 1.165) is 22.6 Å². The van der Waals surface area contributed by atoms with Crippen molar-refractivity contribution < 1.29 is 4.74 Å². The van der Waals surface area contributed by atoms with Crippen molar-refractivity contribution in [1.29, 1.82) is 0 Å². The molecule has 0 aliphatic heterocycles. The fraction of sp³-hybridized carbons (Fsp3) is 0.111. The SMILES string of the molecule is Clc1nccnc1Cc1cccc(OCc2ccccc2)c1. The van der Waals surface area contributed by atoms with Crippen LogP contribution in [0.4, 0.5) is 0 Å². The first kappa shape index (κ1) is 14.5. The van der Waals surface area contributed by atoms with Gasteiger partial charge in [-0.15, -0.1) is 0 Å². The van der Waals surface area contributed by atoms with Crippen LogP contribution in [0.15, 0.2) is 67.0 Å². The molecule has 0 saturated heterocycles. The number of rotatable bonds is 5. The summed E-state index contributed by atoms with van der Waals surface area (Å²) in [6, 6.07) is 18.1. The van der Waals surface area contributed by atoms with E-state index >= 15 is 0 Å². The maximum absolute atomic E-state index is 6.05. The summed E-state index contributed by atoms with van der Waals surface area (Å²) in [5.41, 5.74) is 3.00. The molecule has 2 aromatic carbocycles. The normalized spacial score (nSPS) is 10.4. The minimum atomic E-state index is 0.443. The van der Waals surface area contributed by atoms with E-state index < -0.39 is 0 Å². The van der Waals surface area contributed by atoms with Gasteiger partial charge in [0.15, 0.2) is 5.15 Å². The molecular formula is C18H15ClN2O. The highest BCUT2D eigenvalue weighted by molar-refractivity contribution is 6.30. The Kier molecular flexibility index (Phi) is 4.66. The molecule has 0 amide bonds. The molecule has 1 aromatic heterocycles. The van der Waals surface area contributed by atoms with Gasteiger partial charge < -0.3 is 4.74 Å². The van der Waals surface area contributed by atoms with Crippen molar-refractivity contribution in [2.45, 2.75) is 13.0 Å². The van der Waals surface area contributed by atoms with Crippen LogP contribution in [-0.4, -0.2) is 9.97 Å². The van der Waals surface area contributed by atoms with E-state index in [1.54, 1.807) is 12.4 Å². The Hall–Kier alpha value is -2.39. The van der Waals surface area contributed by atoms with Gasteiger partial charge in [-0.05, 0) is 23.3 Å². The van der Waals surface area contributed by atoms with Crippen LogP contribution in [-0.2, 0) is 13.0 Å². The van der Waals surface area contributed by atoms with Crippen molar-refractivity contribution in [1.82, 2.24) is 9.97 Å². The quantitative estimate of drug-likeness (QED) is 0.704. The van der Waals surface area contributed by atoms with E-state index in [-0.39, 0.29) is 0 Å². The van der Waals surface area contributed by atoms with E-state index in [9.17, 15) is 0 Å². The Morgan fingerprint density at radius 3 is 2.45 bits per heavy atom. The topological polar surface area (TPSA) is 35.0 Å². The van der Waals surface area contributed by atoms with Crippen LogP contribution in [0, 0.1) is 0 Å². The van der Waals surface area contributed by atoms with Gasteiger partial charge in [-0.25, -0.2) is 4.98 Å². The summed E-state index contributed by atoms with van der Waals surface area (Å²) in [4.78, 5) is 8.31. The summed E-state index contributed by atoms with van der Waals surface area (Å²) < 4.78 is 5.83. The predicted molar refractivity (Wildman–Crippen MR) is 87.1 cm³/mol. The first-order valence-electron chi connectivity index (χ1n) is 7.02. The molecule has 0 fully saturated rings. The third kappa shape index (κ3) is 3.83.